The third-order valence-corrected chi connectivity index (χ3v) is 2.54. The number of halogens is 1. The van der Waals surface area contributed by atoms with Crippen LogP contribution in [0.15, 0.2) is 18.3 Å². The molecule has 1 aromatic rings. The van der Waals surface area contributed by atoms with E-state index >= 15 is 0 Å². The maximum Gasteiger partial charge on any atom is 0.230 e. The molecule has 0 radical (unpaired) electrons. The molecular weight excluding hydrogens is 226 g/mol. The molecule has 1 rings (SSSR count). The summed E-state index contributed by atoms with van der Waals surface area (Å²) >= 11 is 0. The average molecular weight is 244 g/mol. The minimum atomic E-state index is -0.360. The number of nitrogen functional groups attached to an aromatic ring is 1. The Bertz CT molecular complexity index is 349. The summed E-state index contributed by atoms with van der Waals surface area (Å²) < 4.78 is 0. The average Bonchev–Trinajstić information content (AvgIpc) is 2.21. The van der Waals surface area contributed by atoms with Crippen molar-refractivity contribution in [3.05, 3.63) is 18.3 Å². The van der Waals surface area contributed by atoms with Crippen molar-refractivity contribution < 1.29 is 4.79 Å². The first kappa shape index (κ1) is 14.7. The predicted octanol–water partition coefficient (Wildman–Crippen LogP) is 2.46. The quantitative estimate of drug-likeness (QED) is 0.857. The molecule has 0 spiro atoms. The van der Waals surface area contributed by atoms with E-state index in [-0.39, 0.29) is 23.7 Å². The number of rotatable bonds is 3. The van der Waals surface area contributed by atoms with Gasteiger partial charge in [-0.05, 0) is 18.6 Å². The molecule has 0 saturated carbocycles. The third-order valence-electron chi connectivity index (χ3n) is 2.54. The van der Waals surface area contributed by atoms with E-state index in [4.69, 9.17) is 5.73 Å². The van der Waals surface area contributed by atoms with Crippen LogP contribution in [-0.4, -0.2) is 10.9 Å². The molecule has 0 aliphatic rings. The van der Waals surface area contributed by atoms with Crippen LogP contribution in [0.2, 0.25) is 0 Å². The lowest BCUT2D eigenvalue weighted by molar-refractivity contribution is -0.124. The van der Waals surface area contributed by atoms with Crippen molar-refractivity contribution in [2.45, 2.75) is 27.2 Å². The fourth-order valence-electron chi connectivity index (χ4n) is 0.940. The van der Waals surface area contributed by atoms with Gasteiger partial charge in [-0.25, -0.2) is 4.98 Å². The number of hydrogen-bond donors (Lipinski definition) is 2. The van der Waals surface area contributed by atoms with Crippen LogP contribution in [0, 0.1) is 5.41 Å². The molecule has 4 nitrogen and oxygen atoms in total. The highest BCUT2D eigenvalue weighted by Crippen LogP contribution is 2.22. The monoisotopic (exact) mass is 243 g/mol. The first-order valence-electron chi connectivity index (χ1n) is 4.98. The Labute approximate surface area is 102 Å². The van der Waals surface area contributed by atoms with Gasteiger partial charge in [0.2, 0.25) is 5.91 Å². The van der Waals surface area contributed by atoms with Crippen LogP contribution in [0.1, 0.15) is 27.2 Å². The molecule has 0 aromatic carbocycles. The Balaban J connectivity index is 0.00000225. The van der Waals surface area contributed by atoms with Crippen molar-refractivity contribution in [3.8, 4) is 0 Å². The number of pyridine rings is 1. The van der Waals surface area contributed by atoms with E-state index in [0.717, 1.165) is 6.42 Å². The summed E-state index contributed by atoms with van der Waals surface area (Å²) in [5.41, 5.74) is 5.76. The van der Waals surface area contributed by atoms with Crippen LogP contribution in [0.4, 0.5) is 11.5 Å². The van der Waals surface area contributed by atoms with E-state index in [1.54, 1.807) is 18.3 Å². The Hall–Kier alpha value is -1.29. The second-order valence-electron chi connectivity index (χ2n) is 4.16. The summed E-state index contributed by atoms with van der Waals surface area (Å²) in [6.07, 6.45) is 2.35. The van der Waals surface area contributed by atoms with Crippen LogP contribution in [0.3, 0.4) is 0 Å². The summed E-state index contributed by atoms with van der Waals surface area (Å²) in [5.74, 6) is 0.444. The van der Waals surface area contributed by atoms with Gasteiger partial charge in [0.25, 0.3) is 0 Å². The van der Waals surface area contributed by atoms with Gasteiger partial charge in [-0.2, -0.15) is 0 Å². The van der Waals surface area contributed by atoms with E-state index in [2.05, 4.69) is 10.3 Å². The van der Waals surface area contributed by atoms with Crippen LogP contribution >= 0.6 is 12.4 Å². The first-order valence-corrected chi connectivity index (χ1v) is 4.98. The van der Waals surface area contributed by atoms with E-state index in [9.17, 15) is 4.79 Å². The number of nitrogens with two attached hydrogens (primary N) is 1. The number of nitrogens with zero attached hydrogens (tertiary/aromatic N) is 1. The van der Waals surface area contributed by atoms with Crippen molar-refractivity contribution in [1.82, 2.24) is 4.98 Å². The van der Waals surface area contributed by atoms with Crippen molar-refractivity contribution in [3.63, 3.8) is 0 Å². The molecule has 5 heteroatoms. The summed E-state index contributed by atoms with van der Waals surface area (Å²) in [6.45, 7) is 5.81. The van der Waals surface area contributed by atoms with Gasteiger partial charge in [-0.15, -0.1) is 12.4 Å². The van der Waals surface area contributed by atoms with Crippen LogP contribution in [0.5, 0.6) is 0 Å². The topological polar surface area (TPSA) is 68.0 Å². The van der Waals surface area contributed by atoms with Gasteiger partial charge in [-0.1, -0.05) is 20.8 Å². The number of aromatic nitrogens is 1. The number of hydrogen-bond acceptors (Lipinski definition) is 3. The number of carbonyl (C=O) groups is 1. The van der Waals surface area contributed by atoms with Gasteiger partial charge >= 0.3 is 0 Å². The molecule has 90 valence electrons. The molecule has 1 heterocycles. The molecule has 0 bridgehead atoms. The van der Waals surface area contributed by atoms with Gasteiger partial charge in [-0.3, -0.25) is 4.79 Å². The van der Waals surface area contributed by atoms with Crippen molar-refractivity contribution in [1.29, 1.82) is 0 Å². The standard InChI is InChI=1S/C11H17N3O.ClH/c1-4-11(2,3)10(15)14-8-5-6-9(12)13-7-8;/h5-7H,4H2,1-3H3,(H2,12,13)(H,14,15);1H. The fourth-order valence-corrected chi connectivity index (χ4v) is 0.940. The molecule has 0 unspecified atom stereocenters. The maximum absolute atomic E-state index is 11.8. The van der Waals surface area contributed by atoms with Crippen molar-refractivity contribution in [2.75, 3.05) is 11.1 Å². The molecule has 1 amide bonds. The van der Waals surface area contributed by atoms with Gasteiger partial charge in [0, 0.05) is 5.41 Å². The molecular formula is C11H18ClN3O. The molecule has 0 aliphatic heterocycles. The van der Waals surface area contributed by atoms with Crippen molar-refractivity contribution >= 4 is 29.8 Å². The van der Waals surface area contributed by atoms with Crippen LogP contribution in [0.25, 0.3) is 0 Å². The highest BCUT2D eigenvalue weighted by Gasteiger charge is 2.25. The smallest absolute Gasteiger partial charge is 0.230 e. The number of carbonyl (C=O) groups excluding carboxylic acids is 1. The highest BCUT2D eigenvalue weighted by atomic mass is 35.5. The zero-order valence-electron chi connectivity index (χ0n) is 9.78. The molecule has 3 N–H and O–H groups in total. The van der Waals surface area contributed by atoms with E-state index in [0.29, 0.717) is 11.5 Å². The lowest BCUT2D eigenvalue weighted by Crippen LogP contribution is -2.30. The van der Waals surface area contributed by atoms with Gasteiger partial charge < -0.3 is 11.1 Å². The van der Waals surface area contributed by atoms with Crippen LogP contribution < -0.4 is 11.1 Å². The zero-order valence-corrected chi connectivity index (χ0v) is 10.6. The normalized spacial score (nSPS) is 10.4. The Morgan fingerprint density at radius 2 is 2.12 bits per heavy atom. The van der Waals surface area contributed by atoms with Crippen molar-refractivity contribution in [2.24, 2.45) is 5.41 Å². The van der Waals surface area contributed by atoms with Crippen LogP contribution in [-0.2, 0) is 4.79 Å². The SMILES string of the molecule is CCC(C)(C)C(=O)Nc1ccc(N)nc1.Cl. The number of amides is 1. The molecule has 0 aliphatic carbocycles. The second-order valence-corrected chi connectivity index (χ2v) is 4.16. The summed E-state index contributed by atoms with van der Waals surface area (Å²) in [5, 5.41) is 2.80. The number of anilines is 2. The van der Waals surface area contributed by atoms with Gasteiger partial charge in [0.05, 0.1) is 11.9 Å². The lowest BCUT2D eigenvalue weighted by Gasteiger charge is -2.21. The summed E-state index contributed by atoms with van der Waals surface area (Å²) in [7, 11) is 0. The predicted molar refractivity (Wildman–Crippen MR) is 68.6 cm³/mol. The molecule has 1 aromatic heterocycles. The third kappa shape index (κ3) is 3.70. The molecule has 16 heavy (non-hydrogen) atoms. The Morgan fingerprint density at radius 1 is 1.50 bits per heavy atom. The minimum Gasteiger partial charge on any atom is -0.384 e. The Morgan fingerprint density at radius 3 is 2.56 bits per heavy atom. The second kappa shape index (κ2) is 5.70. The molecule has 0 fully saturated rings. The zero-order chi connectivity index (χ0) is 11.5. The van der Waals surface area contributed by atoms with E-state index in [1.807, 2.05) is 20.8 Å². The maximum atomic E-state index is 11.8. The van der Waals surface area contributed by atoms with Gasteiger partial charge in [0.1, 0.15) is 5.82 Å². The highest BCUT2D eigenvalue weighted by molar-refractivity contribution is 5.94. The van der Waals surface area contributed by atoms with E-state index < -0.39 is 0 Å². The Kier molecular flexibility index (Phi) is 5.24. The summed E-state index contributed by atoms with van der Waals surface area (Å²) in [4.78, 5) is 15.7. The lowest BCUT2D eigenvalue weighted by atomic mass is 9.89. The summed E-state index contributed by atoms with van der Waals surface area (Å²) in [6, 6.07) is 3.40. The van der Waals surface area contributed by atoms with E-state index in [1.165, 1.54) is 0 Å². The molecule has 0 saturated heterocycles. The number of nitrogens with one attached hydrogen (secondary N) is 1. The largest absolute Gasteiger partial charge is 0.384 e. The fraction of sp³-hybridized carbons (Fsp3) is 0.455. The minimum absolute atomic E-state index is 0. The first-order chi connectivity index (χ1) is 6.95. The molecule has 0 atom stereocenters. The van der Waals surface area contributed by atoms with Gasteiger partial charge in [0.15, 0.2) is 0 Å².